The van der Waals surface area contributed by atoms with Crippen molar-refractivity contribution in [3.8, 4) is 5.75 Å². The molecular formula is C17H76O3. The molecule has 0 unspecified atom stereocenters. The molecule has 3 heteroatoms. The normalized spacial score (nSPS) is 31.1. The lowest BCUT2D eigenvalue weighted by atomic mass is 9.77. The van der Waals surface area contributed by atoms with E-state index < -0.39 is 0 Å². The Kier molecular flexibility index (Phi) is 0.995. The number of hydrogen-bond acceptors (Lipinski definition) is 3. The number of aliphatic hydroxyl groups excluding tert-OH is 1. The Labute approximate surface area is 199 Å². The van der Waals surface area contributed by atoms with Crippen LogP contribution in [0.5, 0.6) is 5.75 Å². The molecule has 1 N–H and O–H groups in total. The van der Waals surface area contributed by atoms with E-state index in [0.29, 0.717) is 24.5 Å². The van der Waals surface area contributed by atoms with Gasteiger partial charge in [0.25, 0.3) is 0 Å². The van der Waals surface area contributed by atoms with Crippen LogP contribution in [-0.4, -0.2) is 25.4 Å². The van der Waals surface area contributed by atoms with E-state index in [-0.39, 0.29) is 6.61 Å². The fourth-order valence-corrected chi connectivity index (χ4v) is 3.24. The van der Waals surface area contributed by atoms with Gasteiger partial charge in [-0.15, -0.1) is 0 Å². The molecule has 0 aliphatic heterocycles. The lowest BCUT2D eigenvalue weighted by Crippen LogP contribution is -2.17. The zero-order valence-corrected chi connectivity index (χ0v) is 12.8. The van der Waals surface area contributed by atoms with Crippen LogP contribution in [0.25, 0.3) is 0 Å². The lowest BCUT2D eigenvalue weighted by Gasteiger charge is -2.29. The minimum Gasteiger partial charge on any atom is -0.491 e. The van der Waals surface area contributed by atoms with Crippen LogP contribution < -0.4 is 4.74 Å². The van der Waals surface area contributed by atoms with Crippen LogP contribution >= 0.6 is 0 Å². The summed E-state index contributed by atoms with van der Waals surface area (Å²) in [6, 6.07) is 6.04. The SMILES string of the molecule is COCCOc1ccc(CO)cc1[C@@H]1CCCC1(C)C.[3H][3H].[3H][3H].[3H][3H].[3H][3H].[3H][3H].[3H][3H].[3H][3H].[3H][3H].[3H][3H].[3H][3H].[3H][3H].[3H][3H].[3H][3H].[3H][3H].[3H][3H].[3H][3H].[3H][3H].[3H][3H].[3H][3H].[3H][3H].[3H][3H].[3H][3H].[3H][3H].[3H][3H].[3H][3H]. The fraction of sp³-hybridized carbons (Fsp3) is 0.647. The summed E-state index contributed by atoms with van der Waals surface area (Å²) in [6.07, 6.45) is 3.71. The number of methoxy groups -OCH3 is 1. The van der Waals surface area contributed by atoms with E-state index in [1.54, 1.807) is 7.11 Å². The van der Waals surface area contributed by atoms with Crippen LogP contribution in [0.15, 0.2) is 18.2 Å². The first-order valence-electron chi connectivity index (χ1n) is 32.4. The van der Waals surface area contributed by atoms with E-state index in [9.17, 15) is 5.11 Å². The molecule has 0 spiro atoms. The summed E-state index contributed by atoms with van der Waals surface area (Å²) in [5.74, 6) is 1.45. The minimum atomic E-state index is 0.0818. The van der Waals surface area contributed by atoms with Gasteiger partial charge in [0.15, 0.2) is 0 Å². The summed E-state index contributed by atoms with van der Waals surface area (Å²) >= 11 is 0. The Morgan fingerprint density at radius 3 is 2.80 bits per heavy atom. The van der Waals surface area contributed by atoms with Crippen molar-refractivity contribution < 1.29 is 88.8 Å². The summed E-state index contributed by atoms with van der Waals surface area (Å²) < 4.78 is 261. The summed E-state index contributed by atoms with van der Waals surface area (Å²) in [7, 11) is 1.68. The first-order chi connectivity index (χ1) is 34.6. The molecule has 0 bridgehead atoms. The molecule has 1 aromatic rings. The third-order valence-electron chi connectivity index (χ3n) is 4.43. The molecule has 3 nitrogen and oxygen atoms in total. The monoisotopic (exact) mass is 429 g/mol. The number of aliphatic hydroxyl groups is 1. The van der Waals surface area contributed by atoms with Gasteiger partial charge in [-0.3, -0.25) is 0 Å². The average Bonchev–Trinajstić information content (AvgIpc) is 3.91. The smallest absolute Gasteiger partial charge is 0.122 e. The quantitative estimate of drug-likeness (QED) is 0.458. The average molecular weight is 429 g/mol. The second-order valence-electron chi connectivity index (χ2n) is 6.30. The fourth-order valence-electron chi connectivity index (χ4n) is 3.24. The van der Waals surface area contributed by atoms with Gasteiger partial charge in [0.1, 0.15) is 12.4 Å². The molecular weight excluding hydrogens is 252 g/mol. The van der Waals surface area contributed by atoms with Crippen molar-refractivity contribution in [2.45, 2.75) is 45.6 Å². The van der Waals surface area contributed by atoms with Crippen molar-refractivity contribution in [2.75, 3.05) is 20.3 Å². The molecule has 1 aliphatic rings. The van der Waals surface area contributed by atoms with Crippen molar-refractivity contribution in [3.63, 3.8) is 0 Å². The number of ether oxygens (including phenoxy) is 2. The van der Waals surface area contributed by atoms with E-state index in [1.165, 1.54) is 24.8 Å². The third-order valence-corrected chi connectivity index (χ3v) is 4.43. The highest BCUT2D eigenvalue weighted by molar-refractivity contribution is 5.41. The molecule has 0 aromatic heterocycles. The molecule has 0 amide bonds. The van der Waals surface area contributed by atoms with Crippen molar-refractivity contribution >= 4 is 0 Å². The largest absolute Gasteiger partial charge is 0.491 e. The molecule has 0 radical (unpaired) electrons. The van der Waals surface area contributed by atoms with Crippen molar-refractivity contribution in [3.05, 3.63) is 29.3 Å². The van der Waals surface area contributed by atoms with Gasteiger partial charge in [-0.25, -0.2) is 0 Å². The van der Waals surface area contributed by atoms with Crippen molar-refractivity contribution in [1.82, 2.24) is 0 Å². The number of hydrogen-bond donors (Lipinski definition) is 1. The standard InChI is InChI=1S/C17H26O3.25H2/c1-17(2)8-4-5-15(17)14-11-13(12-18)6-7-16(14)20-10-9-19-3;;;;;;;;;;;;;;;;;;;;;;;;;/h6-7,11,15,18H,4-5,8-10,12H2,1-3H3;25*1H/t15-;;;;;;;;;;;;;;;;;;;;;;;;;/m0........................./s1/i;25*1+2T. The molecule has 1 aromatic carbocycles. The number of rotatable bonds is 6. The number of benzene rings is 1. The van der Waals surface area contributed by atoms with Gasteiger partial charge in [-0.2, -0.15) is 0 Å². The predicted octanol–water partition coefficient (Wildman–Crippen LogP) is 9.65. The van der Waals surface area contributed by atoms with Gasteiger partial charge in [0.05, 0.1) is 13.2 Å². The molecule has 0 heterocycles. The molecule has 162 valence electrons. The second kappa shape index (κ2) is 6.59. The van der Waals surface area contributed by atoms with Crippen LogP contribution in [0.2, 0.25) is 0 Å². The molecule has 1 saturated carbocycles. The van der Waals surface area contributed by atoms with Gasteiger partial charge in [0, 0.05) is 81.3 Å². The van der Waals surface area contributed by atoms with Crippen LogP contribution in [0.1, 0.15) is 124 Å². The molecule has 2 rings (SSSR count). The Morgan fingerprint density at radius 1 is 1.40 bits per heavy atom. The van der Waals surface area contributed by atoms with Crippen LogP contribution in [0.3, 0.4) is 0 Å². The molecule has 1 atom stereocenters. The zero-order chi connectivity index (χ0) is 64.6. The third kappa shape index (κ3) is 3.33. The summed E-state index contributed by atoms with van der Waals surface area (Å²) in [4.78, 5) is 0. The first kappa shape index (κ1) is 3.02. The Bertz CT molecular complexity index is 500. The van der Waals surface area contributed by atoms with Crippen LogP contribution in [-0.2, 0) is 11.3 Å². The lowest BCUT2D eigenvalue weighted by molar-refractivity contribution is 0.145. The molecule has 20 heavy (non-hydrogen) atoms. The van der Waals surface area contributed by atoms with E-state index in [4.69, 9.17) is 83.7 Å². The van der Waals surface area contributed by atoms with Crippen molar-refractivity contribution in [1.29, 1.82) is 0 Å². The zero-order valence-electron chi connectivity index (χ0n) is 62.8. The highest BCUT2D eigenvalue weighted by Gasteiger charge is 2.37. The summed E-state index contributed by atoms with van der Waals surface area (Å²) in [5, 5.41) is 9.38. The minimum absolute atomic E-state index is 0.0818. The summed E-state index contributed by atoms with van der Waals surface area (Å²) in [6.45, 7) is 5.90. The van der Waals surface area contributed by atoms with E-state index >= 15 is 0 Å². The van der Waals surface area contributed by atoms with Gasteiger partial charge in [-0.1, -0.05) is 26.3 Å². The topological polar surface area (TPSA) is 38.7 Å². The maximum atomic E-state index is 9.38. The Hall–Kier alpha value is -1.06. The second-order valence-corrected chi connectivity index (χ2v) is 6.30. The molecule has 0 saturated heterocycles. The van der Waals surface area contributed by atoms with Crippen LogP contribution in [0, 0.1) is 5.41 Å². The van der Waals surface area contributed by atoms with Gasteiger partial charge < -0.3 is 14.6 Å². The van der Waals surface area contributed by atoms with E-state index in [1.807, 2.05) is 12.1 Å². The first-order valence-corrected chi connectivity index (χ1v) is 7.44. The van der Waals surface area contributed by atoms with E-state index in [2.05, 4.69) is 19.9 Å². The Morgan fingerprint density at radius 2 is 2.20 bits per heavy atom. The van der Waals surface area contributed by atoms with Crippen LogP contribution in [0.4, 0.5) is 0 Å². The highest BCUT2D eigenvalue weighted by atomic mass is 16.5. The highest BCUT2D eigenvalue weighted by Crippen LogP contribution is 2.51. The predicted molar refractivity (Wildman–Crippen MR) is 133 cm³/mol. The van der Waals surface area contributed by atoms with Gasteiger partial charge in [0.2, 0.25) is 0 Å². The van der Waals surface area contributed by atoms with Gasteiger partial charge in [-0.05, 0) is 47.4 Å². The van der Waals surface area contributed by atoms with Gasteiger partial charge >= 0.3 is 0 Å². The Balaban J connectivity index is -0.0000000165. The van der Waals surface area contributed by atoms with Crippen molar-refractivity contribution in [2.24, 2.45) is 5.41 Å². The maximum Gasteiger partial charge on any atom is 0.122 e. The molecule has 1 aliphatic carbocycles. The van der Waals surface area contributed by atoms with E-state index in [0.717, 1.165) is 11.3 Å². The maximum absolute atomic E-state index is 9.38. The summed E-state index contributed by atoms with van der Waals surface area (Å²) in [5.41, 5.74) is 2.50. The molecule has 1 fully saturated rings.